The van der Waals surface area contributed by atoms with Gasteiger partial charge < -0.3 is 19.7 Å². The Labute approximate surface area is 275 Å². The lowest BCUT2D eigenvalue weighted by atomic mass is 9.97. The molecule has 2 aliphatic rings. The molecule has 0 aliphatic carbocycles. The first-order valence-electron chi connectivity index (χ1n) is 15.4. The van der Waals surface area contributed by atoms with Crippen molar-refractivity contribution in [3.8, 4) is 11.1 Å². The molecule has 0 saturated carbocycles. The average Bonchev–Trinajstić information content (AvgIpc) is 3.63. The molecule has 3 aromatic carbocycles. The van der Waals surface area contributed by atoms with Crippen LogP contribution < -0.4 is 5.32 Å². The molecule has 1 N–H and O–H groups in total. The predicted molar refractivity (Wildman–Crippen MR) is 177 cm³/mol. The van der Waals surface area contributed by atoms with Gasteiger partial charge in [-0.2, -0.15) is 0 Å². The number of aromatic nitrogens is 1. The number of nitrogens with one attached hydrogen (secondary N) is 1. The number of carbonyl (C=O) groups is 4. The SMILES string of the molecule is CC(=O)c1cn(CC(=O)N2C[C@H](F)C[C@H]2C(=O)Nc2cccc(-c3ccccc3Cl)c2F)c2ccc(C3=CCN(C(C)=O)CC3)cc12. The number of anilines is 1. The molecule has 8 nitrogen and oxygen atoms in total. The maximum atomic E-state index is 15.5. The molecule has 11 heteroatoms. The van der Waals surface area contributed by atoms with E-state index in [0.29, 0.717) is 46.6 Å². The van der Waals surface area contributed by atoms with E-state index < -0.39 is 29.8 Å². The van der Waals surface area contributed by atoms with E-state index in [1.807, 2.05) is 24.3 Å². The van der Waals surface area contributed by atoms with Crippen LogP contribution in [-0.2, 0) is 20.9 Å². The number of amides is 3. The van der Waals surface area contributed by atoms with Gasteiger partial charge >= 0.3 is 0 Å². The molecule has 4 aromatic rings. The number of carbonyl (C=O) groups excluding carboxylic acids is 4. The molecule has 1 saturated heterocycles. The van der Waals surface area contributed by atoms with Crippen molar-refractivity contribution in [2.24, 2.45) is 0 Å². The van der Waals surface area contributed by atoms with Crippen molar-refractivity contribution in [2.75, 3.05) is 25.0 Å². The molecule has 1 aromatic heterocycles. The monoisotopic (exact) mass is 658 g/mol. The Balaban J connectivity index is 1.22. The molecule has 0 spiro atoms. The molecule has 242 valence electrons. The first-order valence-corrected chi connectivity index (χ1v) is 15.8. The van der Waals surface area contributed by atoms with E-state index in [1.54, 1.807) is 59.0 Å². The van der Waals surface area contributed by atoms with E-state index in [0.717, 1.165) is 11.1 Å². The second kappa shape index (κ2) is 13.1. The fourth-order valence-corrected chi connectivity index (χ4v) is 6.64. The van der Waals surface area contributed by atoms with Gasteiger partial charge in [0.15, 0.2) is 11.6 Å². The zero-order valence-corrected chi connectivity index (χ0v) is 26.7. The van der Waals surface area contributed by atoms with Gasteiger partial charge in [-0.25, -0.2) is 8.78 Å². The molecule has 2 atom stereocenters. The summed E-state index contributed by atoms with van der Waals surface area (Å²) in [7, 11) is 0. The zero-order valence-electron chi connectivity index (χ0n) is 25.9. The van der Waals surface area contributed by atoms with Gasteiger partial charge in [0, 0.05) is 65.2 Å². The first-order chi connectivity index (χ1) is 22.5. The molecule has 2 aliphatic heterocycles. The quantitative estimate of drug-likeness (QED) is 0.229. The van der Waals surface area contributed by atoms with Crippen LogP contribution in [0.4, 0.5) is 14.5 Å². The number of halogens is 3. The van der Waals surface area contributed by atoms with Crippen LogP contribution in [0.1, 0.15) is 42.6 Å². The number of ketones is 1. The molecule has 0 bridgehead atoms. The number of hydrogen-bond acceptors (Lipinski definition) is 4. The van der Waals surface area contributed by atoms with Crippen LogP contribution in [-0.4, -0.2) is 69.7 Å². The largest absolute Gasteiger partial charge is 0.339 e. The highest BCUT2D eigenvalue weighted by Crippen LogP contribution is 2.34. The predicted octanol–water partition coefficient (Wildman–Crippen LogP) is 6.52. The Hall–Kier alpha value is -4.83. The number of alkyl halides is 1. The van der Waals surface area contributed by atoms with Gasteiger partial charge in [0.05, 0.1) is 12.2 Å². The lowest BCUT2D eigenvalue weighted by Gasteiger charge is -2.25. The minimum Gasteiger partial charge on any atom is -0.339 e. The lowest BCUT2D eigenvalue weighted by Crippen LogP contribution is -2.44. The summed E-state index contributed by atoms with van der Waals surface area (Å²) in [5.41, 5.74) is 3.61. The van der Waals surface area contributed by atoms with Gasteiger partial charge in [-0.05, 0) is 48.7 Å². The fourth-order valence-electron chi connectivity index (χ4n) is 6.40. The second-order valence-corrected chi connectivity index (χ2v) is 12.3. The summed E-state index contributed by atoms with van der Waals surface area (Å²) in [4.78, 5) is 54.3. The number of nitrogens with zero attached hydrogens (tertiary/aromatic N) is 3. The zero-order chi connectivity index (χ0) is 33.4. The van der Waals surface area contributed by atoms with Crippen molar-refractivity contribution in [3.63, 3.8) is 0 Å². The smallest absolute Gasteiger partial charge is 0.247 e. The molecule has 47 heavy (non-hydrogen) atoms. The minimum atomic E-state index is -1.44. The van der Waals surface area contributed by atoms with Crippen molar-refractivity contribution in [3.05, 3.63) is 94.9 Å². The van der Waals surface area contributed by atoms with E-state index in [2.05, 4.69) is 5.32 Å². The van der Waals surface area contributed by atoms with E-state index >= 15 is 4.39 Å². The van der Waals surface area contributed by atoms with Crippen LogP contribution in [0.3, 0.4) is 0 Å². The third-order valence-electron chi connectivity index (χ3n) is 8.88. The van der Waals surface area contributed by atoms with Gasteiger partial charge in [0.1, 0.15) is 18.8 Å². The molecular formula is C36H33ClF2N4O4. The highest BCUT2D eigenvalue weighted by Gasteiger charge is 2.40. The fraction of sp³-hybridized carbons (Fsp3) is 0.278. The topological polar surface area (TPSA) is 91.7 Å². The highest BCUT2D eigenvalue weighted by atomic mass is 35.5. The number of likely N-dealkylation sites (tertiary alicyclic amines) is 1. The van der Waals surface area contributed by atoms with Crippen LogP contribution in [0.2, 0.25) is 5.02 Å². The Morgan fingerprint density at radius 1 is 1.00 bits per heavy atom. The first kappa shape index (κ1) is 32.1. The normalized spacial score (nSPS) is 17.9. The molecule has 1 fully saturated rings. The van der Waals surface area contributed by atoms with Crippen molar-refractivity contribution in [2.45, 2.75) is 45.4 Å². The van der Waals surface area contributed by atoms with E-state index in [-0.39, 0.29) is 42.5 Å². The summed E-state index contributed by atoms with van der Waals surface area (Å²) in [6.07, 6.45) is 2.62. The molecule has 6 rings (SSSR count). The maximum Gasteiger partial charge on any atom is 0.247 e. The number of rotatable bonds is 7. The van der Waals surface area contributed by atoms with Gasteiger partial charge in [-0.3, -0.25) is 19.2 Å². The molecule has 3 amide bonds. The van der Waals surface area contributed by atoms with Crippen molar-refractivity contribution in [1.82, 2.24) is 14.4 Å². The van der Waals surface area contributed by atoms with Crippen molar-refractivity contribution >= 4 is 57.3 Å². The van der Waals surface area contributed by atoms with Gasteiger partial charge in [-0.15, -0.1) is 0 Å². The molecular weight excluding hydrogens is 626 g/mol. The highest BCUT2D eigenvalue weighted by molar-refractivity contribution is 6.33. The van der Waals surface area contributed by atoms with Gasteiger partial charge in [0.25, 0.3) is 0 Å². The van der Waals surface area contributed by atoms with Crippen molar-refractivity contribution < 1.29 is 28.0 Å². The van der Waals surface area contributed by atoms with Crippen LogP contribution in [0.15, 0.2) is 72.9 Å². The van der Waals surface area contributed by atoms with Crippen LogP contribution >= 0.6 is 11.6 Å². The Kier molecular flexibility index (Phi) is 8.96. The van der Waals surface area contributed by atoms with Crippen LogP contribution in [0.5, 0.6) is 0 Å². The lowest BCUT2D eigenvalue weighted by molar-refractivity contribution is -0.137. The number of hydrogen-bond donors (Lipinski definition) is 1. The van der Waals surface area contributed by atoms with Crippen LogP contribution in [0, 0.1) is 5.82 Å². The Morgan fingerprint density at radius 2 is 1.77 bits per heavy atom. The van der Waals surface area contributed by atoms with Crippen molar-refractivity contribution in [1.29, 1.82) is 0 Å². The third kappa shape index (κ3) is 6.42. The number of Topliss-reactive ketones (excluding diaryl/α,β-unsaturated/α-hetero) is 1. The van der Waals surface area contributed by atoms with Crippen LogP contribution in [0.25, 0.3) is 27.6 Å². The molecule has 0 radical (unpaired) electrons. The van der Waals surface area contributed by atoms with E-state index in [9.17, 15) is 23.6 Å². The van der Waals surface area contributed by atoms with Gasteiger partial charge in [-0.1, -0.05) is 54.1 Å². The summed E-state index contributed by atoms with van der Waals surface area (Å²) in [6, 6.07) is 15.8. The summed E-state index contributed by atoms with van der Waals surface area (Å²) >= 11 is 6.27. The third-order valence-corrected chi connectivity index (χ3v) is 9.21. The number of fused-ring (bicyclic) bond motifs is 1. The average molecular weight is 659 g/mol. The van der Waals surface area contributed by atoms with E-state index in [4.69, 9.17) is 11.6 Å². The summed E-state index contributed by atoms with van der Waals surface area (Å²) in [5.74, 6) is -2.07. The maximum absolute atomic E-state index is 15.5. The number of benzene rings is 3. The van der Waals surface area contributed by atoms with E-state index in [1.165, 1.54) is 17.9 Å². The Bertz CT molecular complexity index is 1950. The summed E-state index contributed by atoms with van der Waals surface area (Å²) in [6.45, 7) is 3.59. The standard InChI is InChI=1S/C36H33ClF2N4O4/c1-21(44)29-19-42(32-11-10-24(16-28(29)32)23-12-14-41(15-13-23)22(2)45)20-34(46)43-18-25(38)17-33(43)36(47)40-31-9-5-7-27(35(31)39)26-6-3-4-8-30(26)37/h3-12,16,19,25,33H,13-15,17-18,20H2,1-2H3,(H,40,47)/t25-,33+/m1/s1. The second-order valence-electron chi connectivity index (χ2n) is 11.9. The molecule has 0 unspecified atom stereocenters. The molecule has 3 heterocycles. The Morgan fingerprint density at radius 3 is 2.47 bits per heavy atom. The minimum absolute atomic E-state index is 0.0166. The van der Waals surface area contributed by atoms with Gasteiger partial charge in [0.2, 0.25) is 17.7 Å². The summed E-state index contributed by atoms with van der Waals surface area (Å²) < 4.78 is 31.9. The summed E-state index contributed by atoms with van der Waals surface area (Å²) in [5, 5.41) is 3.57.